The number of carbonyl (C=O) groups excluding carboxylic acids is 1. The molecule has 0 radical (unpaired) electrons. The molecule has 0 aliphatic carbocycles. The lowest BCUT2D eigenvalue weighted by molar-refractivity contribution is -0.110. The Morgan fingerprint density at radius 2 is 1.93 bits per heavy atom. The molecule has 0 bridgehead atoms. The van der Waals surface area contributed by atoms with Gasteiger partial charge in [-0.1, -0.05) is 48.2 Å². The number of amides is 1. The van der Waals surface area contributed by atoms with Gasteiger partial charge in [-0.25, -0.2) is 9.98 Å². The predicted molar refractivity (Wildman–Crippen MR) is 112 cm³/mol. The molecule has 1 aromatic heterocycles. The van der Waals surface area contributed by atoms with Gasteiger partial charge in [0.2, 0.25) is 0 Å². The molecule has 2 aromatic carbocycles. The van der Waals surface area contributed by atoms with Crippen molar-refractivity contribution in [3.05, 3.63) is 65.9 Å². The first kappa shape index (κ1) is 17.1. The average Bonchev–Trinajstić information content (AvgIpc) is 3.17. The van der Waals surface area contributed by atoms with Crippen molar-refractivity contribution in [2.45, 2.75) is 0 Å². The van der Waals surface area contributed by atoms with E-state index in [2.05, 4.69) is 20.3 Å². The fraction of sp³-hybridized carbons (Fsp3) is 0.0500. The number of H-pyrrole nitrogens is 1. The maximum atomic E-state index is 12.1. The van der Waals surface area contributed by atoms with Crippen molar-refractivity contribution in [2.75, 3.05) is 11.6 Å². The Bertz CT molecular complexity index is 1130. The van der Waals surface area contributed by atoms with Crippen molar-refractivity contribution in [2.24, 2.45) is 9.98 Å². The largest absolute Gasteiger partial charge is 0.494 e. The molecule has 7 heteroatoms. The Morgan fingerprint density at radius 1 is 1.15 bits per heavy atom. The van der Waals surface area contributed by atoms with Crippen molar-refractivity contribution in [3.63, 3.8) is 0 Å². The lowest BCUT2D eigenvalue weighted by Crippen LogP contribution is -2.03. The second-order valence-electron chi connectivity index (χ2n) is 5.85. The number of aromatic nitrogens is 1. The fourth-order valence-corrected chi connectivity index (χ4v) is 3.24. The maximum absolute atomic E-state index is 12.1. The third kappa shape index (κ3) is 3.24. The number of aliphatic imine (C=N–C) groups is 2. The van der Waals surface area contributed by atoms with Gasteiger partial charge in [0, 0.05) is 34.6 Å². The molecular formula is C20H16N4O2S. The van der Waals surface area contributed by atoms with E-state index in [0.29, 0.717) is 16.3 Å². The topological polar surface area (TPSA) is 89.8 Å². The number of aromatic amines is 1. The number of aromatic hydroxyl groups is 1. The third-order valence-electron chi connectivity index (χ3n) is 4.23. The Hall–Kier alpha value is -3.32. The van der Waals surface area contributed by atoms with E-state index in [9.17, 15) is 9.90 Å². The van der Waals surface area contributed by atoms with Crippen LogP contribution in [0, 0.1) is 0 Å². The van der Waals surface area contributed by atoms with E-state index in [-0.39, 0.29) is 11.8 Å². The molecule has 0 saturated heterocycles. The molecule has 1 amide bonds. The van der Waals surface area contributed by atoms with Crippen LogP contribution < -0.4 is 5.32 Å². The number of thioether (sulfide) groups is 1. The predicted octanol–water partition coefficient (Wildman–Crippen LogP) is 4.00. The van der Waals surface area contributed by atoms with Crippen molar-refractivity contribution in [3.8, 4) is 5.88 Å². The zero-order valence-electron chi connectivity index (χ0n) is 14.4. The van der Waals surface area contributed by atoms with Gasteiger partial charge in [0.05, 0.1) is 11.1 Å². The number of nitrogens with one attached hydrogen (secondary N) is 2. The standard InChI is InChI=1S/C20H16N4O2S/c1-27-20(21-10-14-12-6-2-4-8-16(12)23-18(14)25)22-11-15-13-7-3-5-9-17(13)24-19(15)26/h2-11,23,25H,1H3,(H,24,26)/b15-11?,21-10+,22-20?. The number of anilines is 1. The van der Waals surface area contributed by atoms with Crippen LogP contribution in [0.15, 0.2) is 64.7 Å². The van der Waals surface area contributed by atoms with E-state index in [1.54, 1.807) is 6.21 Å². The highest BCUT2D eigenvalue weighted by Crippen LogP contribution is 2.31. The summed E-state index contributed by atoms with van der Waals surface area (Å²) in [5.41, 5.74) is 3.54. The quantitative estimate of drug-likeness (QED) is 0.359. The van der Waals surface area contributed by atoms with Crippen LogP contribution in [0.5, 0.6) is 5.88 Å². The smallest absolute Gasteiger partial charge is 0.257 e. The summed E-state index contributed by atoms with van der Waals surface area (Å²) in [7, 11) is 0. The third-order valence-corrected chi connectivity index (χ3v) is 4.80. The van der Waals surface area contributed by atoms with E-state index in [4.69, 9.17) is 0 Å². The SMILES string of the molecule is CSC(=NC=C1C(=O)Nc2ccccc21)/N=C/c1c(O)[nH]c2ccccc12. The first-order valence-electron chi connectivity index (χ1n) is 8.24. The first-order valence-corrected chi connectivity index (χ1v) is 9.46. The lowest BCUT2D eigenvalue weighted by Gasteiger charge is -1.97. The van der Waals surface area contributed by atoms with Gasteiger partial charge >= 0.3 is 0 Å². The van der Waals surface area contributed by atoms with Gasteiger partial charge < -0.3 is 15.4 Å². The maximum Gasteiger partial charge on any atom is 0.257 e. The van der Waals surface area contributed by atoms with Gasteiger partial charge in [-0.3, -0.25) is 4.79 Å². The minimum atomic E-state index is -0.182. The molecule has 3 aromatic rings. The summed E-state index contributed by atoms with van der Waals surface area (Å²) >= 11 is 1.35. The summed E-state index contributed by atoms with van der Waals surface area (Å²) in [6.45, 7) is 0. The number of amidine groups is 1. The number of para-hydroxylation sites is 2. The van der Waals surface area contributed by atoms with Gasteiger partial charge in [-0.2, -0.15) is 0 Å². The van der Waals surface area contributed by atoms with Crippen molar-refractivity contribution < 1.29 is 9.90 Å². The van der Waals surface area contributed by atoms with Gasteiger partial charge in [0.15, 0.2) is 11.0 Å². The van der Waals surface area contributed by atoms with Crippen molar-refractivity contribution >= 4 is 51.2 Å². The summed E-state index contributed by atoms with van der Waals surface area (Å²) in [6.07, 6.45) is 4.95. The molecule has 0 saturated carbocycles. The average molecular weight is 376 g/mol. The fourth-order valence-electron chi connectivity index (χ4n) is 2.93. The van der Waals surface area contributed by atoms with E-state index in [1.165, 1.54) is 18.0 Å². The highest BCUT2D eigenvalue weighted by molar-refractivity contribution is 8.13. The minimum absolute atomic E-state index is 0.0582. The summed E-state index contributed by atoms with van der Waals surface area (Å²) in [4.78, 5) is 23.8. The van der Waals surface area contributed by atoms with Crippen LogP contribution in [0.1, 0.15) is 11.1 Å². The molecule has 3 N–H and O–H groups in total. The van der Waals surface area contributed by atoms with E-state index in [0.717, 1.165) is 22.2 Å². The monoisotopic (exact) mass is 376 g/mol. The summed E-state index contributed by atoms with van der Waals surface area (Å²) in [5.74, 6) is -0.124. The Morgan fingerprint density at radius 3 is 2.78 bits per heavy atom. The Labute approximate surface area is 159 Å². The molecule has 2 heterocycles. The number of hydrogen-bond donors (Lipinski definition) is 3. The van der Waals surface area contributed by atoms with Gasteiger partial charge in [-0.05, 0) is 18.4 Å². The molecule has 0 spiro atoms. The van der Waals surface area contributed by atoms with Crippen molar-refractivity contribution in [1.29, 1.82) is 0 Å². The van der Waals surface area contributed by atoms with E-state index < -0.39 is 0 Å². The zero-order chi connectivity index (χ0) is 18.8. The van der Waals surface area contributed by atoms with Crippen LogP contribution in [-0.4, -0.2) is 33.6 Å². The summed E-state index contributed by atoms with van der Waals surface area (Å²) in [6, 6.07) is 15.1. The number of fused-ring (bicyclic) bond motifs is 2. The Kier molecular flexibility index (Phi) is 4.52. The molecule has 0 fully saturated rings. The summed E-state index contributed by atoms with van der Waals surface area (Å²) < 4.78 is 0. The number of hydrogen-bond acceptors (Lipinski definition) is 4. The number of nitrogens with zero attached hydrogens (tertiary/aromatic N) is 2. The van der Waals surface area contributed by atoms with Crippen LogP contribution in [0.4, 0.5) is 5.69 Å². The second kappa shape index (κ2) is 7.13. The molecule has 0 unspecified atom stereocenters. The molecule has 4 rings (SSSR count). The minimum Gasteiger partial charge on any atom is -0.494 e. The number of rotatable bonds is 2. The first-order chi connectivity index (χ1) is 13.2. The van der Waals surface area contributed by atoms with Gasteiger partial charge in [0.25, 0.3) is 5.91 Å². The zero-order valence-corrected chi connectivity index (χ0v) is 15.2. The highest BCUT2D eigenvalue weighted by atomic mass is 32.2. The molecule has 1 aliphatic rings. The lowest BCUT2D eigenvalue weighted by atomic mass is 10.1. The van der Waals surface area contributed by atoms with Crippen LogP contribution >= 0.6 is 11.8 Å². The van der Waals surface area contributed by atoms with Crippen LogP contribution in [0.2, 0.25) is 0 Å². The molecule has 1 aliphatic heterocycles. The molecular weight excluding hydrogens is 360 g/mol. The van der Waals surface area contributed by atoms with Crippen LogP contribution in [-0.2, 0) is 4.79 Å². The summed E-state index contributed by atoms with van der Waals surface area (Å²) in [5, 5.41) is 14.3. The van der Waals surface area contributed by atoms with E-state index >= 15 is 0 Å². The number of carbonyl (C=O) groups is 1. The normalized spacial score (nSPS) is 15.7. The van der Waals surface area contributed by atoms with Crippen LogP contribution in [0.25, 0.3) is 16.5 Å². The second-order valence-corrected chi connectivity index (χ2v) is 6.62. The van der Waals surface area contributed by atoms with Gasteiger partial charge in [0.1, 0.15) is 0 Å². The molecule has 134 valence electrons. The highest BCUT2D eigenvalue weighted by Gasteiger charge is 2.23. The van der Waals surface area contributed by atoms with E-state index in [1.807, 2.05) is 54.8 Å². The Balaban J connectivity index is 1.65. The molecule has 0 atom stereocenters. The van der Waals surface area contributed by atoms with Crippen LogP contribution in [0.3, 0.4) is 0 Å². The number of benzene rings is 2. The molecule has 6 nitrogen and oxygen atoms in total. The van der Waals surface area contributed by atoms with Crippen molar-refractivity contribution in [1.82, 2.24) is 4.98 Å². The van der Waals surface area contributed by atoms with Gasteiger partial charge in [-0.15, -0.1) is 0 Å². The molecule has 27 heavy (non-hydrogen) atoms.